The first-order chi connectivity index (χ1) is 14.0. The van der Waals surface area contributed by atoms with Crippen molar-refractivity contribution in [1.82, 2.24) is 0 Å². The molecular weight excluding hydrogens is 358 g/mol. The number of primary amides is 1. The molecule has 2 fully saturated rings. The van der Waals surface area contributed by atoms with E-state index in [1.54, 1.807) is 11.6 Å². The number of rotatable bonds is 3. The molecule has 3 heteroatoms. The standard InChI is InChI=1S/C26H31NO2/c1-26-12-11-21-20-8-3-2-6-17(20)9-10-22(21)23(26)15-19(24(26)28)14-16-5-4-7-18(13-16)25(27)29/h2-8,13,19,21-24,28H,9-12,14-15H2,1H3,(H2,27,29). The van der Waals surface area contributed by atoms with Crippen molar-refractivity contribution in [2.45, 2.75) is 57.5 Å². The molecule has 3 aliphatic rings. The van der Waals surface area contributed by atoms with E-state index in [1.165, 1.54) is 24.8 Å². The van der Waals surface area contributed by atoms with Crippen LogP contribution in [0.1, 0.15) is 65.6 Å². The Morgan fingerprint density at radius 1 is 1.17 bits per heavy atom. The summed E-state index contributed by atoms with van der Waals surface area (Å²) in [6, 6.07) is 16.6. The zero-order valence-corrected chi connectivity index (χ0v) is 17.2. The first kappa shape index (κ1) is 18.9. The van der Waals surface area contributed by atoms with Crippen LogP contribution in [0.3, 0.4) is 0 Å². The zero-order valence-electron chi connectivity index (χ0n) is 17.2. The summed E-state index contributed by atoms with van der Waals surface area (Å²) in [5, 5.41) is 11.4. The minimum atomic E-state index is -0.386. The molecule has 2 aromatic carbocycles. The largest absolute Gasteiger partial charge is 0.392 e. The normalized spacial score (nSPS) is 35.4. The predicted molar refractivity (Wildman–Crippen MR) is 115 cm³/mol. The molecule has 5 rings (SSSR count). The number of aryl methyl sites for hydroxylation is 1. The van der Waals surface area contributed by atoms with Gasteiger partial charge in [0.15, 0.2) is 0 Å². The molecule has 3 N–H and O–H groups in total. The number of benzene rings is 2. The van der Waals surface area contributed by atoms with Crippen molar-refractivity contribution in [2.24, 2.45) is 28.9 Å². The molecule has 2 aromatic rings. The van der Waals surface area contributed by atoms with Crippen LogP contribution in [0.4, 0.5) is 0 Å². The number of amides is 1. The highest BCUT2D eigenvalue weighted by Gasteiger charge is 2.57. The average molecular weight is 390 g/mol. The number of fused-ring (bicyclic) bond motifs is 5. The first-order valence-electron chi connectivity index (χ1n) is 11.1. The van der Waals surface area contributed by atoms with Gasteiger partial charge >= 0.3 is 0 Å². The summed E-state index contributed by atoms with van der Waals surface area (Å²) in [6.45, 7) is 2.33. The topological polar surface area (TPSA) is 63.3 Å². The van der Waals surface area contributed by atoms with Gasteiger partial charge in [-0.25, -0.2) is 0 Å². The zero-order chi connectivity index (χ0) is 20.2. The second-order valence-corrected chi connectivity index (χ2v) is 9.87. The summed E-state index contributed by atoms with van der Waals surface area (Å²) in [4.78, 5) is 11.5. The molecule has 1 amide bonds. The van der Waals surface area contributed by atoms with Gasteiger partial charge in [0.05, 0.1) is 6.10 Å². The fourth-order valence-electron chi connectivity index (χ4n) is 7.02. The second kappa shape index (κ2) is 6.98. The lowest BCUT2D eigenvalue weighted by Crippen LogP contribution is -2.44. The number of hydrogen-bond acceptors (Lipinski definition) is 2. The van der Waals surface area contributed by atoms with Crippen molar-refractivity contribution in [3.8, 4) is 0 Å². The van der Waals surface area contributed by atoms with Gasteiger partial charge in [0.1, 0.15) is 0 Å². The summed E-state index contributed by atoms with van der Waals surface area (Å²) in [7, 11) is 0. The van der Waals surface area contributed by atoms with Crippen LogP contribution in [0.25, 0.3) is 0 Å². The molecule has 6 atom stereocenters. The minimum Gasteiger partial charge on any atom is -0.392 e. The van der Waals surface area contributed by atoms with Crippen LogP contribution in [0.2, 0.25) is 0 Å². The summed E-state index contributed by atoms with van der Waals surface area (Å²) >= 11 is 0. The lowest BCUT2D eigenvalue weighted by atomic mass is 9.55. The highest BCUT2D eigenvalue weighted by molar-refractivity contribution is 5.92. The molecule has 0 radical (unpaired) electrons. The molecule has 0 heterocycles. The molecule has 6 unspecified atom stereocenters. The van der Waals surface area contributed by atoms with Gasteiger partial charge in [-0.1, -0.05) is 43.3 Å². The Hall–Kier alpha value is -2.13. The molecule has 3 aliphatic carbocycles. The first-order valence-corrected chi connectivity index (χ1v) is 11.1. The SMILES string of the molecule is CC12CCC3c4ccccc4CCC3C1CC(Cc1cccc(C(N)=O)c1)C2O. The molecule has 2 saturated carbocycles. The van der Waals surface area contributed by atoms with Gasteiger partial charge in [0, 0.05) is 5.56 Å². The number of aliphatic hydroxyl groups is 1. The number of aliphatic hydroxyl groups excluding tert-OH is 1. The van der Waals surface area contributed by atoms with Gasteiger partial charge in [0.25, 0.3) is 0 Å². The molecule has 0 aliphatic heterocycles. The Balaban J connectivity index is 1.40. The van der Waals surface area contributed by atoms with Crippen LogP contribution >= 0.6 is 0 Å². The maximum absolute atomic E-state index is 11.5. The van der Waals surface area contributed by atoms with E-state index in [4.69, 9.17) is 5.73 Å². The summed E-state index contributed by atoms with van der Waals surface area (Å²) in [5.74, 6) is 1.78. The Labute approximate surface area is 173 Å². The molecule has 152 valence electrons. The Bertz CT molecular complexity index is 938. The van der Waals surface area contributed by atoms with Gasteiger partial charge in [-0.3, -0.25) is 4.79 Å². The number of carbonyl (C=O) groups excluding carboxylic acids is 1. The van der Waals surface area contributed by atoms with Gasteiger partial charge in [-0.2, -0.15) is 0 Å². The lowest BCUT2D eigenvalue weighted by Gasteiger charge is -2.50. The van der Waals surface area contributed by atoms with Gasteiger partial charge < -0.3 is 10.8 Å². The smallest absolute Gasteiger partial charge is 0.248 e. The van der Waals surface area contributed by atoms with Gasteiger partial charge in [-0.15, -0.1) is 0 Å². The van der Waals surface area contributed by atoms with Crippen LogP contribution in [-0.2, 0) is 12.8 Å². The van der Waals surface area contributed by atoms with E-state index in [0.717, 1.165) is 24.8 Å². The van der Waals surface area contributed by atoms with E-state index >= 15 is 0 Å². The van der Waals surface area contributed by atoms with Crippen LogP contribution in [-0.4, -0.2) is 17.1 Å². The molecule has 0 aromatic heterocycles. The minimum absolute atomic E-state index is 0.0133. The lowest BCUT2D eigenvalue weighted by molar-refractivity contribution is -0.0325. The van der Waals surface area contributed by atoms with E-state index in [-0.39, 0.29) is 23.3 Å². The molecule has 0 bridgehead atoms. The third-order valence-electron chi connectivity index (χ3n) is 8.46. The van der Waals surface area contributed by atoms with Gasteiger partial charge in [-0.05, 0) is 96.4 Å². The fourth-order valence-corrected chi connectivity index (χ4v) is 7.02. The molecule has 0 spiro atoms. The van der Waals surface area contributed by atoms with Crippen molar-refractivity contribution in [3.05, 3.63) is 70.8 Å². The maximum Gasteiger partial charge on any atom is 0.248 e. The fraction of sp³-hybridized carbons (Fsp3) is 0.500. The van der Waals surface area contributed by atoms with E-state index in [1.807, 2.05) is 12.1 Å². The van der Waals surface area contributed by atoms with Crippen molar-refractivity contribution in [1.29, 1.82) is 0 Å². The summed E-state index contributed by atoms with van der Waals surface area (Å²) in [6.07, 6.45) is 6.35. The van der Waals surface area contributed by atoms with Crippen LogP contribution in [0, 0.1) is 23.2 Å². The monoisotopic (exact) mass is 389 g/mol. The Kier molecular flexibility index (Phi) is 4.54. The summed E-state index contributed by atoms with van der Waals surface area (Å²) < 4.78 is 0. The van der Waals surface area contributed by atoms with E-state index < -0.39 is 0 Å². The van der Waals surface area contributed by atoms with Crippen LogP contribution in [0.5, 0.6) is 0 Å². The number of nitrogens with two attached hydrogens (primary N) is 1. The number of hydrogen-bond donors (Lipinski definition) is 2. The molecular formula is C26H31NO2. The van der Waals surface area contributed by atoms with Crippen LogP contribution < -0.4 is 5.73 Å². The van der Waals surface area contributed by atoms with Crippen molar-refractivity contribution in [3.63, 3.8) is 0 Å². The van der Waals surface area contributed by atoms with Gasteiger partial charge in [0.2, 0.25) is 5.91 Å². The Morgan fingerprint density at radius 2 is 2.00 bits per heavy atom. The average Bonchev–Trinajstić information content (AvgIpc) is 2.98. The molecule has 0 saturated heterocycles. The highest BCUT2D eigenvalue weighted by atomic mass is 16.3. The van der Waals surface area contributed by atoms with Crippen molar-refractivity contribution >= 4 is 5.91 Å². The maximum atomic E-state index is 11.5. The van der Waals surface area contributed by atoms with Crippen molar-refractivity contribution < 1.29 is 9.90 Å². The predicted octanol–water partition coefficient (Wildman–Crippen LogP) is 4.47. The second-order valence-electron chi connectivity index (χ2n) is 9.87. The third-order valence-corrected chi connectivity index (χ3v) is 8.46. The quantitative estimate of drug-likeness (QED) is 0.813. The third kappa shape index (κ3) is 3.02. The summed E-state index contributed by atoms with van der Waals surface area (Å²) in [5.41, 5.74) is 10.2. The molecule has 29 heavy (non-hydrogen) atoms. The van der Waals surface area contributed by atoms with E-state index in [0.29, 0.717) is 23.3 Å². The molecule has 3 nitrogen and oxygen atoms in total. The Morgan fingerprint density at radius 3 is 2.83 bits per heavy atom. The van der Waals surface area contributed by atoms with E-state index in [2.05, 4.69) is 37.3 Å². The van der Waals surface area contributed by atoms with E-state index in [9.17, 15) is 9.90 Å². The van der Waals surface area contributed by atoms with Crippen LogP contribution in [0.15, 0.2) is 48.5 Å². The highest BCUT2D eigenvalue weighted by Crippen LogP contribution is 2.62. The van der Waals surface area contributed by atoms with Crippen molar-refractivity contribution in [2.75, 3.05) is 0 Å². The number of carbonyl (C=O) groups is 1.